The summed E-state index contributed by atoms with van der Waals surface area (Å²) in [6.45, 7) is 2.26. The highest BCUT2D eigenvalue weighted by Gasteiger charge is 1.95. The Bertz CT molecular complexity index is 157. The second-order valence-corrected chi connectivity index (χ2v) is 5.18. The van der Waals surface area contributed by atoms with Gasteiger partial charge < -0.3 is 0 Å². The molecule has 16 heavy (non-hydrogen) atoms. The molecule has 0 unspecified atom stereocenters. The van der Waals surface area contributed by atoms with Crippen LogP contribution in [-0.2, 0) is 4.79 Å². The van der Waals surface area contributed by atoms with Crippen molar-refractivity contribution in [3.05, 3.63) is 0 Å². The number of unbranched alkanes of at least 4 members (excludes halogenated alkanes) is 10. The minimum atomic E-state index is 0.0379. The molecule has 0 amide bonds. The van der Waals surface area contributed by atoms with Crippen molar-refractivity contribution in [3.63, 3.8) is 0 Å². The van der Waals surface area contributed by atoms with E-state index in [0.717, 1.165) is 6.42 Å². The molecule has 96 valence electrons. The molecule has 1 nitrogen and oxygen atoms in total. The maximum absolute atomic E-state index is 10.6. The van der Waals surface area contributed by atoms with Gasteiger partial charge in [0.1, 0.15) is 0 Å². The fraction of sp³-hybridized carbons (Fsp3) is 0.929. The number of rotatable bonds is 12. The van der Waals surface area contributed by atoms with Crippen molar-refractivity contribution in [2.24, 2.45) is 0 Å². The summed E-state index contributed by atoms with van der Waals surface area (Å²) in [7, 11) is 0. The van der Waals surface area contributed by atoms with Crippen LogP contribution in [0.4, 0.5) is 0 Å². The molecule has 0 aromatic rings. The molecule has 0 aliphatic carbocycles. The van der Waals surface area contributed by atoms with E-state index in [1.807, 2.05) is 0 Å². The Morgan fingerprint density at radius 1 is 0.750 bits per heavy atom. The minimum absolute atomic E-state index is 0.0379. The standard InChI is InChI=1S/C14H28OS/c1-2-3-4-5-6-7-8-9-10-11-12-13-14(15)16/h2-13H2,1H3,(H,15,16). The third-order valence-corrected chi connectivity index (χ3v) is 3.22. The van der Waals surface area contributed by atoms with Gasteiger partial charge >= 0.3 is 0 Å². The Balaban J connectivity index is 2.90. The lowest BCUT2D eigenvalue weighted by molar-refractivity contribution is -0.110. The van der Waals surface area contributed by atoms with Gasteiger partial charge in [-0.3, -0.25) is 4.79 Å². The monoisotopic (exact) mass is 244 g/mol. The van der Waals surface area contributed by atoms with Crippen LogP contribution in [0.2, 0.25) is 0 Å². The number of hydrogen-bond donors (Lipinski definition) is 1. The van der Waals surface area contributed by atoms with Crippen LogP contribution in [-0.4, -0.2) is 5.12 Å². The Hall–Kier alpha value is 0.0200. The second-order valence-electron chi connectivity index (χ2n) is 4.68. The van der Waals surface area contributed by atoms with Gasteiger partial charge in [0.05, 0.1) is 0 Å². The molecule has 0 radical (unpaired) electrons. The molecule has 0 aromatic carbocycles. The maximum Gasteiger partial charge on any atom is 0.185 e. The Kier molecular flexibility index (Phi) is 13.1. The lowest BCUT2D eigenvalue weighted by atomic mass is 10.1. The van der Waals surface area contributed by atoms with Crippen LogP contribution in [0, 0.1) is 0 Å². The van der Waals surface area contributed by atoms with Gasteiger partial charge in [-0.05, 0) is 6.42 Å². The van der Waals surface area contributed by atoms with Gasteiger partial charge in [-0.15, -0.1) is 12.6 Å². The number of thiol groups is 1. The minimum Gasteiger partial charge on any atom is -0.288 e. The fourth-order valence-corrected chi connectivity index (χ4v) is 2.10. The van der Waals surface area contributed by atoms with Crippen LogP contribution in [0.5, 0.6) is 0 Å². The smallest absolute Gasteiger partial charge is 0.185 e. The summed E-state index contributed by atoms with van der Waals surface area (Å²) >= 11 is 3.76. The van der Waals surface area contributed by atoms with E-state index in [0.29, 0.717) is 6.42 Å². The van der Waals surface area contributed by atoms with Crippen LogP contribution in [0.25, 0.3) is 0 Å². The van der Waals surface area contributed by atoms with Crippen LogP contribution in [0.15, 0.2) is 0 Å². The third-order valence-electron chi connectivity index (χ3n) is 2.99. The summed E-state index contributed by atoms with van der Waals surface area (Å²) in [5.41, 5.74) is 0. The van der Waals surface area contributed by atoms with Crippen molar-refractivity contribution in [2.75, 3.05) is 0 Å². The second kappa shape index (κ2) is 13.1. The summed E-state index contributed by atoms with van der Waals surface area (Å²) in [6.07, 6.45) is 15.3. The van der Waals surface area contributed by atoms with Gasteiger partial charge in [0.25, 0.3) is 0 Å². The van der Waals surface area contributed by atoms with Gasteiger partial charge in [-0.1, -0.05) is 71.1 Å². The molecule has 0 bridgehead atoms. The highest BCUT2D eigenvalue weighted by molar-refractivity contribution is 7.96. The molecule has 0 saturated carbocycles. The van der Waals surface area contributed by atoms with Gasteiger partial charge in [0.15, 0.2) is 5.12 Å². The molecule has 0 rings (SSSR count). The third kappa shape index (κ3) is 14.0. The highest BCUT2D eigenvalue weighted by atomic mass is 32.1. The quantitative estimate of drug-likeness (QED) is 0.371. The zero-order valence-electron chi connectivity index (χ0n) is 10.8. The summed E-state index contributed by atoms with van der Waals surface area (Å²) in [5, 5.41) is 0.0379. The van der Waals surface area contributed by atoms with Gasteiger partial charge in [-0.2, -0.15) is 0 Å². The fourth-order valence-electron chi connectivity index (χ4n) is 1.94. The van der Waals surface area contributed by atoms with Crippen molar-refractivity contribution in [1.82, 2.24) is 0 Å². The normalized spacial score (nSPS) is 10.6. The first-order valence-electron chi connectivity index (χ1n) is 6.99. The molecule has 0 spiro atoms. The molecular weight excluding hydrogens is 216 g/mol. The zero-order chi connectivity index (χ0) is 12.1. The first-order chi connectivity index (χ1) is 7.77. The van der Waals surface area contributed by atoms with E-state index in [4.69, 9.17) is 0 Å². The van der Waals surface area contributed by atoms with E-state index in [9.17, 15) is 4.79 Å². The molecular formula is C14H28OS. The molecule has 0 saturated heterocycles. The molecule has 0 heterocycles. The molecule has 0 atom stereocenters. The topological polar surface area (TPSA) is 17.1 Å². The van der Waals surface area contributed by atoms with Crippen LogP contribution >= 0.6 is 12.6 Å². The van der Waals surface area contributed by atoms with E-state index in [1.54, 1.807) is 0 Å². The summed E-state index contributed by atoms with van der Waals surface area (Å²) in [4.78, 5) is 10.6. The van der Waals surface area contributed by atoms with E-state index < -0.39 is 0 Å². The molecule has 0 fully saturated rings. The summed E-state index contributed by atoms with van der Waals surface area (Å²) in [6, 6.07) is 0. The molecule has 0 aromatic heterocycles. The SMILES string of the molecule is CCCCCCCCCCCCCC(=O)S. The molecule has 2 heteroatoms. The largest absolute Gasteiger partial charge is 0.288 e. The van der Waals surface area contributed by atoms with Crippen LogP contribution in [0.3, 0.4) is 0 Å². The van der Waals surface area contributed by atoms with Crippen molar-refractivity contribution in [3.8, 4) is 0 Å². The number of carbonyl (C=O) groups is 1. The molecule has 0 N–H and O–H groups in total. The predicted molar refractivity (Wildman–Crippen MR) is 75.1 cm³/mol. The van der Waals surface area contributed by atoms with Gasteiger partial charge in [0.2, 0.25) is 0 Å². The number of carbonyl (C=O) groups excluding carboxylic acids is 1. The maximum atomic E-state index is 10.6. The van der Waals surface area contributed by atoms with E-state index in [2.05, 4.69) is 19.6 Å². The first-order valence-corrected chi connectivity index (χ1v) is 7.44. The van der Waals surface area contributed by atoms with E-state index >= 15 is 0 Å². The van der Waals surface area contributed by atoms with Crippen LogP contribution in [0.1, 0.15) is 84.0 Å². The summed E-state index contributed by atoms with van der Waals surface area (Å²) in [5.74, 6) is 0. The Morgan fingerprint density at radius 3 is 1.50 bits per heavy atom. The lowest BCUT2D eigenvalue weighted by Crippen LogP contribution is -1.86. The van der Waals surface area contributed by atoms with E-state index in [1.165, 1.54) is 64.2 Å². The highest BCUT2D eigenvalue weighted by Crippen LogP contribution is 2.12. The molecule has 0 aliphatic heterocycles. The summed E-state index contributed by atoms with van der Waals surface area (Å²) < 4.78 is 0. The van der Waals surface area contributed by atoms with E-state index in [-0.39, 0.29) is 5.12 Å². The van der Waals surface area contributed by atoms with Crippen molar-refractivity contribution in [1.29, 1.82) is 0 Å². The average Bonchev–Trinajstić information content (AvgIpc) is 2.25. The van der Waals surface area contributed by atoms with Crippen molar-refractivity contribution >= 4 is 17.7 Å². The van der Waals surface area contributed by atoms with Gasteiger partial charge in [0, 0.05) is 6.42 Å². The van der Waals surface area contributed by atoms with Crippen LogP contribution < -0.4 is 0 Å². The predicted octanol–water partition coefficient (Wildman–Crippen LogP) is 5.14. The Labute approximate surface area is 107 Å². The van der Waals surface area contributed by atoms with Crippen molar-refractivity contribution in [2.45, 2.75) is 84.0 Å². The first kappa shape index (κ1) is 16.0. The van der Waals surface area contributed by atoms with Crippen molar-refractivity contribution < 1.29 is 4.79 Å². The number of hydrogen-bond acceptors (Lipinski definition) is 1. The molecule has 0 aliphatic rings. The van der Waals surface area contributed by atoms with Gasteiger partial charge in [-0.25, -0.2) is 0 Å². The Morgan fingerprint density at radius 2 is 1.12 bits per heavy atom. The lowest BCUT2D eigenvalue weighted by Gasteiger charge is -2.01. The average molecular weight is 244 g/mol. The zero-order valence-corrected chi connectivity index (χ0v) is 11.7.